The lowest BCUT2D eigenvalue weighted by Gasteiger charge is -2.27. The summed E-state index contributed by atoms with van der Waals surface area (Å²) in [4.78, 5) is 39.3. The van der Waals surface area contributed by atoms with E-state index in [1.165, 1.54) is 17.2 Å². The average Bonchev–Trinajstić information content (AvgIpc) is 2.78. The van der Waals surface area contributed by atoms with Gasteiger partial charge in [-0.25, -0.2) is 9.69 Å². The number of carbonyl (C=O) groups excluding carboxylic acids is 3. The first kappa shape index (κ1) is 24.4. The number of hydrogen-bond donors (Lipinski definition) is 1. The Hall–Kier alpha value is -3.71. The number of carbonyl (C=O) groups is 3. The molecule has 4 amide bonds. The number of barbiturate groups is 1. The monoisotopic (exact) mass is 532 g/mol. The van der Waals surface area contributed by atoms with E-state index in [0.717, 1.165) is 26.1 Å². The average molecular weight is 533 g/mol. The van der Waals surface area contributed by atoms with E-state index in [9.17, 15) is 14.4 Å². The summed E-state index contributed by atoms with van der Waals surface area (Å²) in [6.45, 7) is 5.93. The zero-order valence-corrected chi connectivity index (χ0v) is 21.5. The molecule has 0 spiro atoms. The summed E-state index contributed by atoms with van der Waals surface area (Å²) < 4.78 is 6.45. The van der Waals surface area contributed by atoms with E-state index in [4.69, 9.17) is 4.74 Å². The van der Waals surface area contributed by atoms with Crippen molar-refractivity contribution in [1.82, 2.24) is 5.32 Å². The highest BCUT2D eigenvalue weighted by molar-refractivity contribution is 9.10. The van der Waals surface area contributed by atoms with Crippen LogP contribution in [0.4, 0.5) is 10.5 Å². The summed E-state index contributed by atoms with van der Waals surface area (Å²) in [5, 5.41) is 2.27. The van der Waals surface area contributed by atoms with Gasteiger partial charge in [-0.15, -0.1) is 0 Å². The number of benzene rings is 3. The second-order valence-electron chi connectivity index (χ2n) is 8.60. The third-order valence-electron chi connectivity index (χ3n) is 5.83. The Kier molecular flexibility index (Phi) is 6.89. The number of urea groups is 1. The summed E-state index contributed by atoms with van der Waals surface area (Å²) >= 11 is 3.64. The molecule has 0 saturated carbocycles. The number of halogens is 1. The summed E-state index contributed by atoms with van der Waals surface area (Å²) in [5.74, 6) is -0.789. The number of aryl methyl sites for hydroxylation is 3. The Balaban J connectivity index is 1.72. The van der Waals surface area contributed by atoms with Crippen LogP contribution in [0.2, 0.25) is 0 Å². The third kappa shape index (κ3) is 5.05. The summed E-state index contributed by atoms with van der Waals surface area (Å²) in [7, 11) is 1.58. The lowest BCUT2D eigenvalue weighted by atomic mass is 9.98. The van der Waals surface area contributed by atoms with Gasteiger partial charge in [0.05, 0.1) is 12.8 Å². The number of amides is 4. The molecule has 1 aliphatic rings. The molecule has 3 aromatic carbocycles. The van der Waals surface area contributed by atoms with Gasteiger partial charge in [0.25, 0.3) is 11.8 Å². The van der Waals surface area contributed by atoms with Crippen molar-refractivity contribution in [1.29, 1.82) is 0 Å². The lowest BCUT2D eigenvalue weighted by Crippen LogP contribution is -2.54. The fourth-order valence-electron chi connectivity index (χ4n) is 4.30. The van der Waals surface area contributed by atoms with E-state index >= 15 is 0 Å². The second-order valence-corrected chi connectivity index (χ2v) is 9.45. The van der Waals surface area contributed by atoms with Crippen LogP contribution in [0.1, 0.15) is 33.4 Å². The molecule has 0 bridgehead atoms. The molecule has 7 heteroatoms. The van der Waals surface area contributed by atoms with E-state index in [0.29, 0.717) is 23.4 Å². The zero-order chi connectivity index (χ0) is 25.3. The fourth-order valence-corrected chi connectivity index (χ4v) is 4.90. The highest BCUT2D eigenvalue weighted by atomic mass is 79.9. The van der Waals surface area contributed by atoms with Gasteiger partial charge in [-0.05, 0) is 61.7 Å². The number of methoxy groups -OCH3 is 1. The molecule has 0 unspecified atom stereocenters. The SMILES string of the molecule is COc1cc(/C=C2\C(=O)NC(=O)N(c3ccccc3C)C2=O)cc(Br)c1Cc1cc(C)cc(C)c1. The maximum Gasteiger partial charge on any atom is 0.335 e. The van der Waals surface area contributed by atoms with Crippen molar-refractivity contribution >= 4 is 45.5 Å². The van der Waals surface area contributed by atoms with Crippen molar-refractivity contribution in [3.63, 3.8) is 0 Å². The molecule has 0 aromatic heterocycles. The molecule has 1 heterocycles. The van der Waals surface area contributed by atoms with Crippen LogP contribution in [0.3, 0.4) is 0 Å². The van der Waals surface area contributed by atoms with Gasteiger partial charge in [0.1, 0.15) is 11.3 Å². The Bertz CT molecular complexity index is 1370. The standard InChI is InChI=1S/C28H25BrN2O4/c1-16-9-17(2)11-19(10-16)12-21-23(29)14-20(15-25(21)35-4)13-22-26(32)30-28(34)31(27(22)33)24-8-6-5-7-18(24)3/h5-11,13-15H,12H2,1-4H3,(H,30,32,34)/b22-13+. The van der Waals surface area contributed by atoms with Crippen LogP contribution in [-0.4, -0.2) is 25.0 Å². The largest absolute Gasteiger partial charge is 0.496 e. The first-order valence-electron chi connectivity index (χ1n) is 11.1. The van der Waals surface area contributed by atoms with E-state index in [1.807, 2.05) is 12.1 Å². The molecule has 4 rings (SSSR count). The van der Waals surface area contributed by atoms with Crippen LogP contribution in [-0.2, 0) is 16.0 Å². The van der Waals surface area contributed by atoms with E-state index in [-0.39, 0.29) is 5.57 Å². The number of nitrogens with one attached hydrogen (secondary N) is 1. The first-order valence-corrected chi connectivity index (χ1v) is 11.9. The normalized spacial score (nSPS) is 14.9. The van der Waals surface area contributed by atoms with Gasteiger partial charge < -0.3 is 4.74 Å². The van der Waals surface area contributed by atoms with Crippen LogP contribution in [0, 0.1) is 20.8 Å². The fraction of sp³-hybridized carbons (Fsp3) is 0.179. The Morgan fingerprint density at radius 1 is 0.971 bits per heavy atom. The number of hydrogen-bond acceptors (Lipinski definition) is 4. The van der Waals surface area contributed by atoms with Gasteiger partial charge in [-0.3, -0.25) is 14.9 Å². The Morgan fingerprint density at radius 2 is 1.66 bits per heavy atom. The molecule has 6 nitrogen and oxygen atoms in total. The summed E-state index contributed by atoms with van der Waals surface area (Å²) in [6, 6.07) is 16.3. The van der Waals surface area contributed by atoms with Gasteiger partial charge in [0, 0.05) is 16.5 Å². The maximum atomic E-state index is 13.2. The van der Waals surface area contributed by atoms with Crippen molar-refractivity contribution in [2.45, 2.75) is 27.2 Å². The highest BCUT2D eigenvalue weighted by Crippen LogP contribution is 2.33. The lowest BCUT2D eigenvalue weighted by molar-refractivity contribution is -0.122. The van der Waals surface area contributed by atoms with Crippen molar-refractivity contribution in [2.24, 2.45) is 0 Å². The zero-order valence-electron chi connectivity index (χ0n) is 19.9. The van der Waals surface area contributed by atoms with Crippen molar-refractivity contribution < 1.29 is 19.1 Å². The predicted molar refractivity (Wildman–Crippen MR) is 140 cm³/mol. The van der Waals surface area contributed by atoms with Crippen molar-refractivity contribution in [2.75, 3.05) is 12.0 Å². The second kappa shape index (κ2) is 9.88. The molecular weight excluding hydrogens is 508 g/mol. The molecule has 1 fully saturated rings. The quantitative estimate of drug-likeness (QED) is 0.340. The van der Waals surface area contributed by atoms with Gasteiger partial charge in [-0.1, -0.05) is 63.5 Å². The Labute approximate surface area is 212 Å². The first-order chi connectivity index (χ1) is 16.7. The molecule has 35 heavy (non-hydrogen) atoms. The van der Waals surface area contributed by atoms with Crippen molar-refractivity contribution in [3.8, 4) is 5.75 Å². The minimum atomic E-state index is -0.769. The van der Waals surface area contributed by atoms with Crippen LogP contribution < -0.4 is 15.0 Å². The molecule has 1 aliphatic heterocycles. The molecule has 1 N–H and O–H groups in total. The maximum absolute atomic E-state index is 13.2. The number of nitrogens with zero attached hydrogens (tertiary/aromatic N) is 1. The third-order valence-corrected chi connectivity index (χ3v) is 6.54. The number of rotatable bonds is 5. The van der Waals surface area contributed by atoms with Crippen LogP contribution in [0.5, 0.6) is 5.75 Å². The van der Waals surface area contributed by atoms with Crippen molar-refractivity contribution in [3.05, 3.63) is 98.0 Å². The smallest absolute Gasteiger partial charge is 0.335 e. The number of anilines is 1. The Morgan fingerprint density at radius 3 is 2.31 bits per heavy atom. The molecule has 178 valence electrons. The molecule has 0 aliphatic carbocycles. The van der Waals surface area contributed by atoms with Gasteiger partial charge in [-0.2, -0.15) is 0 Å². The van der Waals surface area contributed by atoms with Gasteiger partial charge in [0.2, 0.25) is 0 Å². The van der Waals surface area contributed by atoms with Crippen LogP contribution >= 0.6 is 15.9 Å². The number of imide groups is 2. The molecule has 1 saturated heterocycles. The van der Waals surface area contributed by atoms with Gasteiger partial charge >= 0.3 is 6.03 Å². The minimum Gasteiger partial charge on any atom is -0.496 e. The van der Waals surface area contributed by atoms with Gasteiger partial charge in [0.15, 0.2) is 0 Å². The summed E-state index contributed by atoms with van der Waals surface area (Å²) in [6.07, 6.45) is 2.13. The van der Waals surface area contributed by atoms with E-state index < -0.39 is 17.8 Å². The molecule has 3 aromatic rings. The van der Waals surface area contributed by atoms with E-state index in [2.05, 4.69) is 53.3 Å². The van der Waals surface area contributed by atoms with Crippen LogP contribution in [0.25, 0.3) is 6.08 Å². The molecular formula is C28H25BrN2O4. The minimum absolute atomic E-state index is 0.135. The number of ether oxygens (including phenoxy) is 1. The predicted octanol–water partition coefficient (Wildman–Crippen LogP) is 5.64. The van der Waals surface area contributed by atoms with Crippen LogP contribution in [0.15, 0.2) is 64.6 Å². The molecule has 0 radical (unpaired) electrons. The number of para-hydroxylation sites is 1. The highest BCUT2D eigenvalue weighted by Gasteiger charge is 2.37. The molecule has 0 atom stereocenters. The van der Waals surface area contributed by atoms with E-state index in [1.54, 1.807) is 38.3 Å². The summed E-state index contributed by atoms with van der Waals surface area (Å²) in [5.41, 5.74) is 6.11. The topological polar surface area (TPSA) is 75.7 Å².